The fourth-order valence-corrected chi connectivity index (χ4v) is 1.63. The van der Waals surface area contributed by atoms with Gasteiger partial charge in [0, 0.05) is 10.2 Å². The zero-order valence-corrected chi connectivity index (χ0v) is 11.9. The van der Waals surface area contributed by atoms with Gasteiger partial charge in [0.25, 0.3) is 5.91 Å². The second-order valence-corrected chi connectivity index (χ2v) is 4.60. The first-order chi connectivity index (χ1) is 8.86. The van der Waals surface area contributed by atoms with Crippen LogP contribution in [0.5, 0.6) is 0 Å². The Balaban J connectivity index is 3.04. The Labute approximate surface area is 118 Å². The monoisotopic (exact) mass is 327 g/mol. The lowest BCUT2D eigenvalue weighted by Gasteiger charge is -2.09. The Bertz CT molecular complexity index is 579. The summed E-state index contributed by atoms with van der Waals surface area (Å²) < 4.78 is 27.3. The molecule has 1 aromatic rings. The molecule has 0 saturated heterocycles. The first-order valence-corrected chi connectivity index (χ1v) is 6.10. The summed E-state index contributed by atoms with van der Waals surface area (Å²) >= 11 is 3.31. The number of rotatable bonds is 4. The van der Waals surface area contributed by atoms with E-state index in [1.54, 1.807) is 18.2 Å². The molecule has 0 aliphatic rings. The van der Waals surface area contributed by atoms with Gasteiger partial charge in [-0.05, 0) is 36.8 Å². The number of benzene rings is 1. The smallest absolute Gasteiger partial charge is 0.261 e. The van der Waals surface area contributed by atoms with Crippen LogP contribution < -0.4 is 5.32 Å². The number of hydrogen-bond donors (Lipinski definition) is 1. The molecule has 0 aliphatic heterocycles. The van der Waals surface area contributed by atoms with E-state index in [1.807, 2.05) is 6.92 Å². The highest BCUT2D eigenvalue weighted by Gasteiger charge is 2.18. The van der Waals surface area contributed by atoms with Crippen LogP contribution in [0.4, 0.5) is 14.5 Å². The normalized spacial score (nSPS) is 11.6. The Morgan fingerprint density at radius 2 is 2.05 bits per heavy atom. The summed E-state index contributed by atoms with van der Waals surface area (Å²) in [6, 6.07) is 5.01. The van der Waals surface area contributed by atoms with Gasteiger partial charge in [0.05, 0.1) is 0 Å². The minimum absolute atomic E-state index is 0.432. The molecule has 5 heteroatoms. The van der Waals surface area contributed by atoms with Gasteiger partial charge in [0.15, 0.2) is 0 Å². The maximum Gasteiger partial charge on any atom is 0.261 e. The van der Waals surface area contributed by atoms with E-state index >= 15 is 0 Å². The van der Waals surface area contributed by atoms with Crippen molar-refractivity contribution in [2.45, 2.75) is 6.92 Å². The van der Waals surface area contributed by atoms with E-state index in [0.29, 0.717) is 5.69 Å². The van der Waals surface area contributed by atoms with Crippen molar-refractivity contribution in [2.75, 3.05) is 5.32 Å². The van der Waals surface area contributed by atoms with Crippen molar-refractivity contribution in [3.05, 3.63) is 64.7 Å². The largest absolute Gasteiger partial charge is 0.322 e. The summed E-state index contributed by atoms with van der Waals surface area (Å²) in [5.74, 6) is -3.12. The fourth-order valence-electron chi connectivity index (χ4n) is 1.38. The number of allylic oxidation sites excluding steroid dienone is 2. The van der Waals surface area contributed by atoms with Crippen molar-refractivity contribution in [3.63, 3.8) is 0 Å². The molecule has 0 spiro atoms. The van der Waals surface area contributed by atoms with E-state index in [9.17, 15) is 13.6 Å². The van der Waals surface area contributed by atoms with Crippen molar-refractivity contribution < 1.29 is 13.6 Å². The number of nitrogens with one attached hydrogen (secondary N) is 1. The average molecular weight is 328 g/mol. The lowest BCUT2D eigenvalue weighted by Crippen LogP contribution is -2.15. The molecule has 19 heavy (non-hydrogen) atoms. The van der Waals surface area contributed by atoms with Crippen molar-refractivity contribution in [1.82, 2.24) is 0 Å². The van der Waals surface area contributed by atoms with Crippen LogP contribution >= 0.6 is 15.9 Å². The third-order valence-electron chi connectivity index (χ3n) is 2.33. The molecule has 0 atom stereocenters. The van der Waals surface area contributed by atoms with Crippen LogP contribution in [0.15, 0.2) is 59.1 Å². The molecule has 0 radical (unpaired) electrons. The maximum atomic E-state index is 13.3. The molecule has 1 N–H and O–H groups in total. The molecule has 0 unspecified atom stereocenters. The Kier molecular flexibility index (Phi) is 5.18. The zero-order chi connectivity index (χ0) is 14.6. The topological polar surface area (TPSA) is 29.1 Å². The zero-order valence-electron chi connectivity index (χ0n) is 10.3. The molecule has 1 rings (SSSR count). The van der Waals surface area contributed by atoms with Gasteiger partial charge in [-0.15, -0.1) is 0 Å². The molecule has 0 aromatic heterocycles. The van der Waals surface area contributed by atoms with Gasteiger partial charge in [-0.1, -0.05) is 29.1 Å². The second-order valence-electron chi connectivity index (χ2n) is 3.75. The third kappa shape index (κ3) is 3.86. The molecule has 1 aromatic carbocycles. The summed E-state index contributed by atoms with van der Waals surface area (Å²) in [7, 11) is 0. The van der Waals surface area contributed by atoms with Crippen molar-refractivity contribution in [2.24, 2.45) is 0 Å². The Hall–Kier alpha value is -1.75. The van der Waals surface area contributed by atoms with Crippen LogP contribution in [0.2, 0.25) is 0 Å². The van der Waals surface area contributed by atoms with Gasteiger partial charge in [0.1, 0.15) is 17.2 Å². The molecule has 0 heterocycles. The van der Waals surface area contributed by atoms with Crippen LogP contribution in [-0.4, -0.2) is 5.91 Å². The minimum Gasteiger partial charge on any atom is -0.322 e. The van der Waals surface area contributed by atoms with Crippen molar-refractivity contribution in [3.8, 4) is 0 Å². The van der Waals surface area contributed by atoms with Gasteiger partial charge in [-0.25, -0.2) is 8.78 Å². The number of carbonyl (C=O) groups is 1. The van der Waals surface area contributed by atoms with Crippen LogP contribution in [0, 0.1) is 6.92 Å². The summed E-state index contributed by atoms with van der Waals surface area (Å²) in [4.78, 5) is 11.8. The lowest BCUT2D eigenvalue weighted by molar-refractivity contribution is -0.112. The van der Waals surface area contributed by atoms with Crippen LogP contribution in [0.1, 0.15) is 5.56 Å². The average Bonchev–Trinajstić information content (AvgIpc) is 2.33. The molecule has 0 fully saturated rings. The standard InChI is InChI=1S/C14H12BrF2NO/c1-4-12(17)13(9(3)16)14(19)18-10-5-6-11(15)8(2)7-10/h4-7H,1,3H2,2H3,(H,18,19)/b13-12-. The molecule has 100 valence electrons. The van der Waals surface area contributed by atoms with Crippen LogP contribution in [0.3, 0.4) is 0 Å². The minimum atomic E-state index is -1.15. The lowest BCUT2D eigenvalue weighted by atomic mass is 10.1. The van der Waals surface area contributed by atoms with Crippen molar-refractivity contribution in [1.29, 1.82) is 0 Å². The van der Waals surface area contributed by atoms with E-state index in [0.717, 1.165) is 16.1 Å². The highest BCUT2D eigenvalue weighted by molar-refractivity contribution is 9.10. The molecule has 0 saturated carbocycles. The van der Waals surface area contributed by atoms with Crippen LogP contribution in [0.25, 0.3) is 0 Å². The number of anilines is 1. The van der Waals surface area contributed by atoms with Crippen LogP contribution in [-0.2, 0) is 4.79 Å². The Morgan fingerprint density at radius 1 is 1.42 bits per heavy atom. The highest BCUT2D eigenvalue weighted by atomic mass is 79.9. The summed E-state index contributed by atoms with van der Waals surface area (Å²) in [5, 5.41) is 2.40. The molecule has 1 amide bonds. The van der Waals surface area contributed by atoms with Gasteiger partial charge >= 0.3 is 0 Å². The predicted molar refractivity (Wildman–Crippen MR) is 76.1 cm³/mol. The number of carbonyl (C=O) groups excluding carboxylic acids is 1. The van der Waals surface area contributed by atoms with Gasteiger partial charge in [-0.3, -0.25) is 4.79 Å². The Morgan fingerprint density at radius 3 is 2.53 bits per heavy atom. The molecule has 0 bridgehead atoms. The number of hydrogen-bond acceptors (Lipinski definition) is 1. The second kappa shape index (κ2) is 6.43. The van der Waals surface area contributed by atoms with Crippen molar-refractivity contribution >= 4 is 27.5 Å². The fraction of sp³-hybridized carbons (Fsp3) is 0.0714. The highest BCUT2D eigenvalue weighted by Crippen LogP contribution is 2.22. The summed E-state index contributed by atoms with van der Waals surface area (Å²) in [6.45, 7) is 7.92. The van der Waals surface area contributed by atoms with Gasteiger partial charge < -0.3 is 5.32 Å². The SMILES string of the molecule is C=C/C(F)=C(\C(=C)F)C(=O)Nc1ccc(Br)c(C)c1. The first-order valence-electron chi connectivity index (χ1n) is 5.31. The van der Waals surface area contributed by atoms with E-state index in [4.69, 9.17) is 0 Å². The first kappa shape index (κ1) is 15.3. The van der Waals surface area contributed by atoms with Gasteiger partial charge in [0.2, 0.25) is 0 Å². The van der Waals surface area contributed by atoms with E-state index < -0.39 is 23.1 Å². The van der Waals surface area contributed by atoms with Gasteiger partial charge in [-0.2, -0.15) is 0 Å². The third-order valence-corrected chi connectivity index (χ3v) is 3.22. The molecule has 2 nitrogen and oxygen atoms in total. The number of aryl methyl sites for hydroxylation is 1. The summed E-state index contributed by atoms with van der Waals surface area (Å²) in [6.07, 6.45) is 0.756. The number of amides is 1. The summed E-state index contributed by atoms with van der Waals surface area (Å²) in [5.41, 5.74) is 0.559. The van der Waals surface area contributed by atoms with E-state index in [-0.39, 0.29) is 0 Å². The quantitative estimate of drug-likeness (QED) is 0.636. The predicted octanol–water partition coefficient (Wildman–Crippen LogP) is 4.59. The molecular weight excluding hydrogens is 316 g/mol. The molecule has 0 aliphatic carbocycles. The van der Waals surface area contributed by atoms with E-state index in [2.05, 4.69) is 34.4 Å². The number of halogens is 3. The van der Waals surface area contributed by atoms with E-state index in [1.165, 1.54) is 0 Å². The maximum absolute atomic E-state index is 13.3. The molecular formula is C14H12BrF2NO.